The minimum Gasteiger partial charge on any atom is -0.478 e. The average molecular weight is 486 g/mol. The lowest BCUT2D eigenvalue weighted by atomic mass is 10.1. The summed E-state index contributed by atoms with van der Waals surface area (Å²) in [5.41, 5.74) is 3.23. The number of oxazole rings is 1. The molecule has 12 heteroatoms. The Hall–Kier alpha value is -5.26. The largest absolute Gasteiger partial charge is 0.478 e. The molecule has 0 aliphatic heterocycles. The van der Waals surface area contributed by atoms with Crippen LogP contribution in [0.1, 0.15) is 36.8 Å². The van der Waals surface area contributed by atoms with Gasteiger partial charge in [0.25, 0.3) is 11.8 Å². The maximum Gasteiger partial charge on any atom is 0.419 e. The molecular formula is C24H18N6O6. The summed E-state index contributed by atoms with van der Waals surface area (Å²) in [6.07, 6.45) is 2.71. The summed E-state index contributed by atoms with van der Waals surface area (Å²) in [7, 11) is 1.60. The summed E-state index contributed by atoms with van der Waals surface area (Å²) >= 11 is 0. The van der Waals surface area contributed by atoms with E-state index in [9.17, 15) is 19.2 Å². The number of hydrogen-bond acceptors (Lipinski definition) is 7. The molecule has 0 aliphatic carbocycles. The minimum atomic E-state index is -1.09. The van der Waals surface area contributed by atoms with Crippen molar-refractivity contribution in [3.8, 4) is 0 Å². The molecule has 5 rings (SSSR count). The molecule has 0 unspecified atom stereocenters. The van der Waals surface area contributed by atoms with Crippen LogP contribution in [-0.2, 0) is 13.6 Å². The molecule has 4 N–H and O–H groups in total. The van der Waals surface area contributed by atoms with Crippen LogP contribution in [-0.4, -0.2) is 42.4 Å². The summed E-state index contributed by atoms with van der Waals surface area (Å²) in [5.74, 6) is -2.50. The van der Waals surface area contributed by atoms with Crippen LogP contribution in [0.25, 0.3) is 22.1 Å². The fourth-order valence-electron chi connectivity index (χ4n) is 3.71. The maximum atomic E-state index is 12.9. The third-order valence-electron chi connectivity index (χ3n) is 5.63. The van der Waals surface area contributed by atoms with Crippen molar-refractivity contribution >= 4 is 45.6 Å². The van der Waals surface area contributed by atoms with E-state index in [0.29, 0.717) is 27.8 Å². The number of nitrogens with one attached hydrogen (secondary N) is 3. The number of nitrogens with zero attached hydrogens (tertiary/aromatic N) is 3. The first kappa shape index (κ1) is 22.5. The van der Waals surface area contributed by atoms with E-state index in [0.717, 1.165) is 5.56 Å². The zero-order valence-corrected chi connectivity index (χ0v) is 18.7. The number of amides is 2. The molecule has 0 atom stereocenters. The second-order valence-corrected chi connectivity index (χ2v) is 7.90. The Morgan fingerprint density at radius 1 is 1.06 bits per heavy atom. The number of carboxylic acid groups (broad SMARTS) is 1. The predicted molar refractivity (Wildman–Crippen MR) is 128 cm³/mol. The van der Waals surface area contributed by atoms with Gasteiger partial charge < -0.3 is 25.1 Å². The number of aromatic nitrogens is 4. The van der Waals surface area contributed by atoms with Crippen LogP contribution in [0.2, 0.25) is 0 Å². The summed E-state index contributed by atoms with van der Waals surface area (Å²) in [4.78, 5) is 59.3. The third-order valence-corrected chi connectivity index (χ3v) is 5.63. The fourth-order valence-corrected chi connectivity index (χ4v) is 3.71. The molecule has 12 nitrogen and oxygen atoms in total. The molecule has 5 aromatic rings. The number of aryl methyl sites for hydroxylation is 1. The first-order valence-corrected chi connectivity index (χ1v) is 10.7. The van der Waals surface area contributed by atoms with Crippen molar-refractivity contribution in [2.75, 3.05) is 5.32 Å². The molecule has 0 bridgehead atoms. The van der Waals surface area contributed by atoms with Gasteiger partial charge >= 0.3 is 11.7 Å². The Bertz CT molecular complexity index is 1710. The van der Waals surface area contributed by atoms with Crippen molar-refractivity contribution in [1.82, 2.24) is 24.8 Å². The highest BCUT2D eigenvalue weighted by Crippen LogP contribution is 2.23. The zero-order valence-electron chi connectivity index (χ0n) is 18.7. The van der Waals surface area contributed by atoms with Gasteiger partial charge in [0.05, 0.1) is 22.3 Å². The molecule has 0 aliphatic rings. The highest BCUT2D eigenvalue weighted by molar-refractivity contribution is 6.11. The Kier molecular flexibility index (Phi) is 5.53. The molecular weight excluding hydrogens is 468 g/mol. The normalized spacial score (nSPS) is 11.0. The van der Waals surface area contributed by atoms with Crippen molar-refractivity contribution in [1.29, 1.82) is 0 Å². The summed E-state index contributed by atoms with van der Waals surface area (Å²) in [5, 5.41) is 14.5. The Balaban J connectivity index is 1.33. The van der Waals surface area contributed by atoms with E-state index >= 15 is 0 Å². The topological polar surface area (TPSA) is 172 Å². The number of carbonyl (C=O) groups is 3. The van der Waals surface area contributed by atoms with E-state index in [4.69, 9.17) is 9.52 Å². The molecule has 0 saturated carbocycles. The zero-order chi connectivity index (χ0) is 25.4. The molecule has 2 amide bonds. The molecule has 0 fully saturated rings. The number of carbonyl (C=O) groups excluding carboxylic acids is 2. The van der Waals surface area contributed by atoms with Crippen LogP contribution in [0.4, 0.5) is 5.69 Å². The molecule has 180 valence electrons. The number of hydrogen-bond donors (Lipinski definition) is 4. The number of H-pyrrole nitrogens is 1. The van der Waals surface area contributed by atoms with E-state index in [1.165, 1.54) is 41.4 Å². The number of aromatic amines is 1. The smallest absolute Gasteiger partial charge is 0.419 e. The van der Waals surface area contributed by atoms with E-state index < -0.39 is 23.5 Å². The minimum absolute atomic E-state index is 0.0655. The van der Waals surface area contributed by atoms with Crippen LogP contribution < -0.4 is 16.4 Å². The van der Waals surface area contributed by atoms with Gasteiger partial charge in [-0.1, -0.05) is 6.07 Å². The van der Waals surface area contributed by atoms with Crippen LogP contribution in [0.5, 0.6) is 0 Å². The summed E-state index contributed by atoms with van der Waals surface area (Å²) in [6.45, 7) is 0.177. The Labute approximate surface area is 201 Å². The number of fused-ring (bicyclic) bond motifs is 2. The molecule has 3 aromatic heterocycles. The van der Waals surface area contributed by atoms with E-state index in [2.05, 4.69) is 25.6 Å². The van der Waals surface area contributed by atoms with Gasteiger partial charge in [0.2, 0.25) is 0 Å². The molecule has 0 saturated heterocycles. The Morgan fingerprint density at radius 3 is 2.56 bits per heavy atom. The highest BCUT2D eigenvalue weighted by Gasteiger charge is 2.18. The van der Waals surface area contributed by atoms with Gasteiger partial charge in [-0.25, -0.2) is 19.6 Å². The third kappa shape index (κ3) is 4.07. The second-order valence-electron chi connectivity index (χ2n) is 7.90. The van der Waals surface area contributed by atoms with Gasteiger partial charge in [0.1, 0.15) is 11.8 Å². The van der Waals surface area contributed by atoms with Crippen LogP contribution >= 0.6 is 0 Å². The molecule has 2 aromatic carbocycles. The number of rotatable bonds is 6. The SMILES string of the molecule is Cn1c(=O)oc2ccc(CNC(=O)c3ncnc4c(NC(=O)c5ccc(C(=O)O)cc5)c[nH]c34)cc21. The van der Waals surface area contributed by atoms with Gasteiger partial charge in [-0.15, -0.1) is 0 Å². The number of carboxylic acids is 1. The van der Waals surface area contributed by atoms with Gasteiger partial charge in [0, 0.05) is 25.4 Å². The standard InChI is InChI=1S/C24H18N6O6/c1-30-16-8-12(2-7-17(16)36-24(30)35)9-26-22(32)20-19-18(27-11-28-20)15(10-25-19)29-21(31)13-3-5-14(6-4-13)23(33)34/h2-8,10-11,25H,9H2,1H3,(H,26,32)(H,29,31)(H,33,34). The van der Waals surface area contributed by atoms with Crippen molar-refractivity contribution in [2.24, 2.45) is 7.05 Å². The van der Waals surface area contributed by atoms with Gasteiger partial charge in [0.15, 0.2) is 11.3 Å². The first-order chi connectivity index (χ1) is 17.3. The summed E-state index contributed by atoms with van der Waals surface area (Å²) in [6, 6.07) is 10.6. The lowest BCUT2D eigenvalue weighted by Crippen LogP contribution is -2.24. The summed E-state index contributed by atoms with van der Waals surface area (Å²) < 4.78 is 6.49. The van der Waals surface area contributed by atoms with E-state index in [-0.39, 0.29) is 23.4 Å². The molecule has 36 heavy (non-hydrogen) atoms. The lowest BCUT2D eigenvalue weighted by molar-refractivity contribution is 0.0696. The Morgan fingerprint density at radius 2 is 1.81 bits per heavy atom. The second kappa shape index (κ2) is 8.83. The fraction of sp³-hybridized carbons (Fsp3) is 0.0833. The van der Waals surface area contributed by atoms with Crippen molar-refractivity contribution < 1.29 is 23.9 Å². The highest BCUT2D eigenvalue weighted by atomic mass is 16.4. The van der Waals surface area contributed by atoms with Crippen LogP contribution in [0, 0.1) is 0 Å². The molecule has 0 radical (unpaired) electrons. The van der Waals surface area contributed by atoms with E-state index in [1.54, 1.807) is 25.2 Å². The number of aromatic carboxylic acids is 1. The van der Waals surface area contributed by atoms with Gasteiger partial charge in [-0.2, -0.15) is 0 Å². The van der Waals surface area contributed by atoms with Crippen LogP contribution in [0.3, 0.4) is 0 Å². The number of anilines is 1. The first-order valence-electron chi connectivity index (χ1n) is 10.7. The molecule has 3 heterocycles. The average Bonchev–Trinajstić information content (AvgIpc) is 3.42. The van der Waals surface area contributed by atoms with Gasteiger partial charge in [-0.3, -0.25) is 14.2 Å². The van der Waals surface area contributed by atoms with Gasteiger partial charge in [-0.05, 0) is 42.0 Å². The van der Waals surface area contributed by atoms with Crippen LogP contribution in [0.15, 0.2) is 64.2 Å². The quantitative estimate of drug-likeness (QED) is 0.283. The lowest BCUT2D eigenvalue weighted by Gasteiger charge is -2.07. The predicted octanol–water partition coefficient (Wildman–Crippen LogP) is 2.28. The number of benzene rings is 2. The maximum absolute atomic E-state index is 12.9. The van der Waals surface area contributed by atoms with Crippen molar-refractivity contribution in [3.05, 3.63) is 87.9 Å². The van der Waals surface area contributed by atoms with Crippen molar-refractivity contribution in [3.63, 3.8) is 0 Å². The van der Waals surface area contributed by atoms with Crippen molar-refractivity contribution in [2.45, 2.75) is 6.54 Å². The molecule has 0 spiro atoms. The monoisotopic (exact) mass is 486 g/mol. The van der Waals surface area contributed by atoms with E-state index in [1.807, 2.05) is 0 Å².